The molecule has 1 aliphatic heterocycles. The number of aliphatic hydroxyl groups excluding tert-OH is 1. The first kappa shape index (κ1) is 28.8. The maximum Gasteiger partial charge on any atom is 0.459 e. The summed E-state index contributed by atoms with van der Waals surface area (Å²) in [6, 6.07) is 7.96. The van der Waals surface area contributed by atoms with Gasteiger partial charge in [0.15, 0.2) is 11.8 Å². The molecule has 13 nitrogen and oxygen atoms in total. The molecule has 1 saturated heterocycles. The lowest BCUT2D eigenvalue weighted by molar-refractivity contribution is -0.150. The molecule has 0 bridgehead atoms. The molecule has 1 saturated carbocycles. The van der Waals surface area contributed by atoms with E-state index in [2.05, 4.69) is 5.09 Å². The highest BCUT2D eigenvalue weighted by Gasteiger charge is 2.56. The van der Waals surface area contributed by atoms with Crippen molar-refractivity contribution in [3.05, 3.63) is 63.4 Å². The van der Waals surface area contributed by atoms with Gasteiger partial charge >= 0.3 is 19.4 Å². The fourth-order valence-corrected chi connectivity index (χ4v) is 5.90. The third-order valence-corrected chi connectivity index (χ3v) is 8.13. The van der Waals surface area contributed by atoms with Crippen LogP contribution in [0.15, 0.2) is 52.2 Å². The van der Waals surface area contributed by atoms with Crippen LogP contribution in [0, 0.1) is 12.3 Å². The van der Waals surface area contributed by atoms with Gasteiger partial charge in [-0.2, -0.15) is 5.09 Å². The monoisotopic (exact) mass is 563 g/mol. The van der Waals surface area contributed by atoms with Crippen LogP contribution in [0.2, 0.25) is 0 Å². The summed E-state index contributed by atoms with van der Waals surface area (Å²) in [5, 5.41) is 24.3. The number of ether oxygens (including phenoxy) is 2. The summed E-state index contributed by atoms with van der Waals surface area (Å²) in [5.41, 5.74) is -4.04. The molecule has 0 radical (unpaired) electrons. The van der Waals surface area contributed by atoms with Gasteiger partial charge in [0.2, 0.25) is 0 Å². The molecule has 2 aromatic rings. The van der Waals surface area contributed by atoms with Crippen molar-refractivity contribution in [1.82, 2.24) is 14.6 Å². The number of rotatable bonds is 10. The fourth-order valence-electron chi connectivity index (χ4n) is 4.39. The van der Waals surface area contributed by atoms with Crippen LogP contribution in [0.5, 0.6) is 5.75 Å². The number of terminal acetylenes is 1. The van der Waals surface area contributed by atoms with Crippen LogP contribution in [0.1, 0.15) is 38.8 Å². The molecule has 2 aliphatic rings. The highest BCUT2D eigenvalue weighted by atomic mass is 31.2. The predicted molar refractivity (Wildman–Crippen MR) is 137 cm³/mol. The molecule has 0 spiro atoms. The number of H-pyrrole nitrogens is 1. The Labute approximate surface area is 223 Å². The Kier molecular flexibility index (Phi) is 8.76. The number of carbonyl (C=O) groups excluding carboxylic acids is 1. The van der Waals surface area contributed by atoms with Gasteiger partial charge in [-0.1, -0.05) is 24.1 Å². The second kappa shape index (κ2) is 11.9. The molecule has 39 heavy (non-hydrogen) atoms. The number of esters is 1. The molecule has 1 aliphatic carbocycles. The molecule has 6 atom stereocenters. The first-order valence-electron chi connectivity index (χ1n) is 12.4. The molecule has 2 unspecified atom stereocenters. The number of aliphatic hydroxyl groups is 2. The maximum absolute atomic E-state index is 13.8. The molecule has 210 valence electrons. The summed E-state index contributed by atoms with van der Waals surface area (Å²) in [4.78, 5) is 38.4. The van der Waals surface area contributed by atoms with Crippen LogP contribution in [-0.4, -0.2) is 62.3 Å². The maximum atomic E-state index is 13.8. The molecule has 4 rings (SSSR count). The standard InChI is InChI=1S/C25H30N3O10P/c1-3-25(33)21(30)19(37-23(25)28-14-13-20(29)26-24(28)32)15-35-39(34,38-18-11-5-4-6-12-18)27-16(2)22(31)36-17-9-7-8-10-17/h1,4-6,11-14,16-17,19,21,23,30,33H,7-10,15H2,2H3,(H,27,34)(H,26,29,32)/t16-,19?,21-,23-,25-,39?/m1/s1. The van der Waals surface area contributed by atoms with E-state index in [4.69, 9.17) is 24.9 Å². The van der Waals surface area contributed by atoms with Crippen LogP contribution < -0.4 is 20.9 Å². The van der Waals surface area contributed by atoms with Crippen LogP contribution in [0.3, 0.4) is 0 Å². The molecule has 14 heteroatoms. The van der Waals surface area contributed by atoms with E-state index in [-0.39, 0.29) is 11.9 Å². The van der Waals surface area contributed by atoms with Crippen molar-refractivity contribution < 1.29 is 38.1 Å². The van der Waals surface area contributed by atoms with Gasteiger partial charge in [0.1, 0.15) is 30.1 Å². The minimum absolute atomic E-state index is 0.162. The van der Waals surface area contributed by atoms with E-state index in [1.807, 2.05) is 10.9 Å². The number of aromatic amines is 1. The van der Waals surface area contributed by atoms with Crippen LogP contribution in [0.25, 0.3) is 0 Å². The van der Waals surface area contributed by atoms with Gasteiger partial charge in [0.05, 0.1) is 6.61 Å². The summed E-state index contributed by atoms with van der Waals surface area (Å²) in [6.45, 7) is 0.805. The zero-order chi connectivity index (χ0) is 28.2. The van der Waals surface area contributed by atoms with Gasteiger partial charge in [-0.3, -0.25) is 23.7 Å². The van der Waals surface area contributed by atoms with Gasteiger partial charge < -0.3 is 24.2 Å². The Bertz CT molecular complexity index is 1370. The minimum Gasteiger partial charge on any atom is -0.461 e. The molecule has 1 aromatic carbocycles. The first-order chi connectivity index (χ1) is 18.5. The lowest BCUT2D eigenvalue weighted by Gasteiger charge is -2.26. The SMILES string of the molecule is C#C[C@@]1(O)[C@H](O)C(COP(=O)(N[C@H](C)C(=O)OC2CCCC2)Oc2ccccc2)O[C@H]1n1ccc(=O)[nH]c1=O. The molecule has 2 heterocycles. The van der Waals surface area contributed by atoms with Crippen molar-refractivity contribution in [3.63, 3.8) is 0 Å². The van der Waals surface area contributed by atoms with Crippen molar-refractivity contribution in [2.24, 2.45) is 0 Å². The average Bonchev–Trinajstić information content (AvgIpc) is 3.50. The fraction of sp³-hybridized carbons (Fsp3) is 0.480. The van der Waals surface area contributed by atoms with E-state index >= 15 is 0 Å². The van der Waals surface area contributed by atoms with E-state index < -0.39 is 61.7 Å². The zero-order valence-corrected chi connectivity index (χ0v) is 22.0. The third-order valence-electron chi connectivity index (χ3n) is 6.49. The van der Waals surface area contributed by atoms with E-state index in [0.29, 0.717) is 0 Å². The topological polar surface area (TPSA) is 178 Å². The van der Waals surface area contributed by atoms with Crippen LogP contribution in [0.4, 0.5) is 0 Å². The van der Waals surface area contributed by atoms with E-state index in [0.717, 1.165) is 42.5 Å². The molecule has 1 aromatic heterocycles. The average molecular weight is 564 g/mol. The van der Waals surface area contributed by atoms with Crippen molar-refractivity contribution >= 4 is 13.7 Å². The second-order valence-corrected chi connectivity index (χ2v) is 11.0. The second-order valence-electron chi connectivity index (χ2n) is 9.35. The number of carbonyl (C=O) groups is 1. The van der Waals surface area contributed by atoms with Gasteiger partial charge in [-0.15, -0.1) is 6.42 Å². The predicted octanol–water partition coefficient (Wildman–Crippen LogP) is 0.827. The summed E-state index contributed by atoms with van der Waals surface area (Å²) in [6.07, 6.45) is 4.90. The number of aromatic nitrogens is 2. The molecular weight excluding hydrogens is 533 g/mol. The molecule has 0 amide bonds. The van der Waals surface area contributed by atoms with Crippen molar-refractivity contribution in [2.75, 3.05) is 6.61 Å². The highest BCUT2D eigenvalue weighted by molar-refractivity contribution is 7.52. The number of benzene rings is 1. The first-order valence-corrected chi connectivity index (χ1v) is 13.9. The number of nitrogens with zero attached hydrogens (tertiary/aromatic N) is 1. The third kappa shape index (κ3) is 6.50. The van der Waals surface area contributed by atoms with E-state index in [1.165, 1.54) is 19.1 Å². The van der Waals surface area contributed by atoms with E-state index in [9.17, 15) is 29.2 Å². The number of hydrogen-bond acceptors (Lipinski definition) is 10. The number of nitrogens with one attached hydrogen (secondary N) is 2. The molecule has 2 fully saturated rings. The molecular formula is C25H30N3O10P. The number of para-hydroxylation sites is 1. The zero-order valence-electron chi connectivity index (χ0n) is 21.1. The smallest absolute Gasteiger partial charge is 0.459 e. The Morgan fingerprint density at radius 3 is 2.64 bits per heavy atom. The van der Waals surface area contributed by atoms with Crippen molar-refractivity contribution in [1.29, 1.82) is 0 Å². The summed E-state index contributed by atoms with van der Waals surface area (Å²) < 4.78 is 36.9. The van der Waals surface area contributed by atoms with Gasteiger partial charge in [0.25, 0.3) is 5.56 Å². The van der Waals surface area contributed by atoms with Crippen molar-refractivity contribution in [2.45, 2.75) is 68.8 Å². The summed E-state index contributed by atoms with van der Waals surface area (Å²) in [5.74, 6) is 1.55. The Morgan fingerprint density at radius 2 is 2.00 bits per heavy atom. The summed E-state index contributed by atoms with van der Waals surface area (Å²) in [7, 11) is -4.32. The Hall–Kier alpha value is -3.24. The number of hydrogen-bond donors (Lipinski definition) is 4. The largest absolute Gasteiger partial charge is 0.461 e. The van der Waals surface area contributed by atoms with Gasteiger partial charge in [-0.25, -0.2) is 9.36 Å². The minimum atomic E-state index is -4.32. The highest BCUT2D eigenvalue weighted by Crippen LogP contribution is 2.47. The Morgan fingerprint density at radius 1 is 1.31 bits per heavy atom. The van der Waals surface area contributed by atoms with Gasteiger partial charge in [-0.05, 0) is 44.7 Å². The van der Waals surface area contributed by atoms with Gasteiger partial charge in [0, 0.05) is 12.3 Å². The van der Waals surface area contributed by atoms with Crippen molar-refractivity contribution in [3.8, 4) is 18.1 Å². The summed E-state index contributed by atoms with van der Waals surface area (Å²) >= 11 is 0. The van der Waals surface area contributed by atoms with E-state index in [1.54, 1.807) is 18.2 Å². The Balaban J connectivity index is 1.52. The van der Waals surface area contributed by atoms with Crippen LogP contribution >= 0.6 is 7.75 Å². The lowest BCUT2D eigenvalue weighted by Crippen LogP contribution is -2.48. The quantitative estimate of drug-likeness (QED) is 0.183. The normalized spacial score (nSPS) is 27.4. The lowest BCUT2D eigenvalue weighted by atomic mass is 9.95. The molecule has 4 N–H and O–H groups in total. The van der Waals surface area contributed by atoms with Crippen LogP contribution in [-0.2, 0) is 23.4 Å².